The summed E-state index contributed by atoms with van der Waals surface area (Å²) >= 11 is 1.68. The zero-order chi connectivity index (χ0) is 17.9. The zero-order valence-corrected chi connectivity index (χ0v) is 16.2. The first kappa shape index (κ1) is 18.5. The fourth-order valence-corrected chi connectivity index (χ4v) is 5.56. The minimum absolute atomic E-state index is 0.0872. The highest BCUT2D eigenvalue weighted by molar-refractivity contribution is 7.89. The van der Waals surface area contributed by atoms with Gasteiger partial charge in [-0.1, -0.05) is 23.8 Å². The van der Waals surface area contributed by atoms with E-state index < -0.39 is 10.0 Å². The van der Waals surface area contributed by atoms with E-state index in [0.717, 1.165) is 18.7 Å². The van der Waals surface area contributed by atoms with Gasteiger partial charge in [-0.15, -0.1) is 11.3 Å². The molecule has 2 atom stereocenters. The number of rotatable bonds is 6. The average molecular weight is 382 g/mol. The molecule has 2 heterocycles. The van der Waals surface area contributed by atoms with Gasteiger partial charge in [0.05, 0.1) is 29.0 Å². The monoisotopic (exact) mass is 381 g/mol. The second-order valence-electron chi connectivity index (χ2n) is 6.49. The van der Waals surface area contributed by atoms with Gasteiger partial charge in [0, 0.05) is 0 Å². The summed E-state index contributed by atoms with van der Waals surface area (Å²) < 4.78 is 33.9. The molecule has 1 aliphatic heterocycles. The molecule has 5 nitrogen and oxygen atoms in total. The van der Waals surface area contributed by atoms with Crippen LogP contribution in [0.4, 0.5) is 0 Å². The van der Waals surface area contributed by atoms with Crippen molar-refractivity contribution in [2.45, 2.75) is 30.8 Å². The molecule has 1 aliphatic rings. The van der Waals surface area contributed by atoms with Gasteiger partial charge in [0.15, 0.2) is 0 Å². The average Bonchev–Trinajstić information content (AvgIpc) is 3.10. The Morgan fingerprint density at radius 2 is 1.84 bits per heavy atom. The molecule has 0 aliphatic carbocycles. The third-order valence-corrected chi connectivity index (χ3v) is 7.13. The molecule has 25 heavy (non-hydrogen) atoms. The number of thiophene rings is 1. The smallest absolute Gasteiger partial charge is 0.241 e. The van der Waals surface area contributed by atoms with Crippen molar-refractivity contribution in [1.29, 1.82) is 0 Å². The number of sulfonamides is 1. The molecule has 0 bridgehead atoms. The van der Waals surface area contributed by atoms with Crippen molar-refractivity contribution >= 4 is 21.4 Å². The molecule has 1 fully saturated rings. The number of benzene rings is 1. The van der Waals surface area contributed by atoms with Gasteiger partial charge >= 0.3 is 0 Å². The number of morpholine rings is 1. The lowest BCUT2D eigenvalue weighted by atomic mass is 10.1. The van der Waals surface area contributed by atoms with Crippen LogP contribution in [0.25, 0.3) is 0 Å². The highest BCUT2D eigenvalue weighted by Crippen LogP contribution is 2.21. The maximum Gasteiger partial charge on any atom is 0.241 e. The summed E-state index contributed by atoms with van der Waals surface area (Å²) in [5, 5.41) is 2.05. The van der Waals surface area contributed by atoms with Crippen LogP contribution in [0, 0.1) is 6.92 Å². The summed E-state index contributed by atoms with van der Waals surface area (Å²) in [7, 11) is -3.54. The van der Waals surface area contributed by atoms with Crippen LogP contribution in [0.15, 0.2) is 46.7 Å². The predicted molar refractivity (Wildman–Crippen MR) is 99.5 cm³/mol. The molecule has 0 unspecified atom stereocenters. The van der Waals surface area contributed by atoms with Crippen LogP contribution in [-0.4, -0.2) is 40.8 Å². The molecule has 2 aromatic rings. The maximum absolute atomic E-state index is 12.8. The van der Waals surface area contributed by atoms with Crippen LogP contribution < -0.4 is 9.62 Å². The summed E-state index contributed by atoms with van der Waals surface area (Å²) in [5.41, 5.74) is 1.04. The van der Waals surface area contributed by atoms with Gasteiger partial charge in [-0.2, -0.15) is 0 Å². The molecule has 1 aromatic heterocycles. The van der Waals surface area contributed by atoms with E-state index in [9.17, 15) is 8.42 Å². The zero-order valence-electron chi connectivity index (χ0n) is 14.6. The van der Waals surface area contributed by atoms with Gasteiger partial charge in [-0.25, -0.2) is 13.1 Å². The standard InChI is InChI=1S/C18H24N2O3S2/c1-14-5-7-16(8-6-14)25(21,22)19-15(2)18(17-4-3-13-24-17)20-9-11-23-12-10-20/h3-8,13,15,18-19H,9-12H2,1-2H3/p+1/t15-,18-/m0/s1. The molecule has 1 aromatic carbocycles. The molecule has 0 radical (unpaired) electrons. The minimum Gasteiger partial charge on any atom is -0.370 e. The number of hydrogen-bond acceptors (Lipinski definition) is 4. The van der Waals surface area contributed by atoms with Crippen molar-refractivity contribution < 1.29 is 18.1 Å². The summed E-state index contributed by atoms with van der Waals surface area (Å²) in [6.07, 6.45) is 0. The molecule has 0 saturated carbocycles. The Morgan fingerprint density at radius 1 is 1.16 bits per heavy atom. The van der Waals surface area contributed by atoms with Crippen LogP contribution in [0.3, 0.4) is 0 Å². The van der Waals surface area contributed by atoms with Gasteiger partial charge in [-0.3, -0.25) is 0 Å². The maximum atomic E-state index is 12.8. The predicted octanol–water partition coefficient (Wildman–Crippen LogP) is 1.38. The molecular weight excluding hydrogens is 356 g/mol. The molecule has 1 saturated heterocycles. The Labute approximate surface area is 153 Å². The lowest BCUT2D eigenvalue weighted by molar-refractivity contribution is -0.939. The fourth-order valence-electron chi connectivity index (χ4n) is 3.31. The summed E-state index contributed by atoms with van der Waals surface area (Å²) in [5.74, 6) is 0. The van der Waals surface area contributed by atoms with Gasteiger partial charge in [0.2, 0.25) is 10.0 Å². The number of hydrogen-bond donors (Lipinski definition) is 2. The van der Waals surface area contributed by atoms with Crippen LogP contribution >= 0.6 is 11.3 Å². The van der Waals surface area contributed by atoms with E-state index in [1.165, 1.54) is 9.78 Å². The van der Waals surface area contributed by atoms with Crippen molar-refractivity contribution in [2.75, 3.05) is 26.3 Å². The molecule has 136 valence electrons. The van der Waals surface area contributed by atoms with Crippen molar-refractivity contribution in [3.63, 3.8) is 0 Å². The quantitative estimate of drug-likeness (QED) is 0.795. The van der Waals surface area contributed by atoms with Crippen molar-refractivity contribution in [3.05, 3.63) is 52.2 Å². The normalized spacial score (nSPS) is 18.8. The number of aryl methyl sites for hydroxylation is 1. The molecular formula is C18H25N2O3S2+. The van der Waals surface area contributed by atoms with E-state index in [2.05, 4.69) is 10.8 Å². The van der Waals surface area contributed by atoms with E-state index in [1.807, 2.05) is 37.4 Å². The number of quaternary nitrogens is 1. The first-order valence-electron chi connectivity index (χ1n) is 8.52. The van der Waals surface area contributed by atoms with Gasteiger partial charge < -0.3 is 9.64 Å². The van der Waals surface area contributed by atoms with E-state index in [0.29, 0.717) is 18.1 Å². The largest absolute Gasteiger partial charge is 0.370 e. The summed E-state index contributed by atoms with van der Waals surface area (Å²) in [6, 6.07) is 11.0. The molecule has 0 amide bonds. The molecule has 2 N–H and O–H groups in total. The minimum atomic E-state index is -3.54. The van der Waals surface area contributed by atoms with Gasteiger partial charge in [0.1, 0.15) is 19.1 Å². The van der Waals surface area contributed by atoms with Crippen LogP contribution in [0.2, 0.25) is 0 Å². The van der Waals surface area contributed by atoms with Crippen LogP contribution in [0.5, 0.6) is 0 Å². The van der Waals surface area contributed by atoms with E-state index in [4.69, 9.17) is 4.74 Å². The van der Waals surface area contributed by atoms with Crippen LogP contribution in [0.1, 0.15) is 23.4 Å². The lowest BCUT2D eigenvalue weighted by Crippen LogP contribution is -3.15. The number of ether oxygens (including phenoxy) is 1. The second kappa shape index (κ2) is 7.97. The van der Waals surface area contributed by atoms with Crippen molar-refractivity contribution in [2.24, 2.45) is 0 Å². The number of nitrogens with one attached hydrogen (secondary N) is 2. The Balaban J connectivity index is 1.82. The van der Waals surface area contributed by atoms with Crippen molar-refractivity contribution in [1.82, 2.24) is 4.72 Å². The summed E-state index contributed by atoms with van der Waals surface area (Å²) in [4.78, 5) is 2.88. The third kappa shape index (κ3) is 4.48. The van der Waals surface area contributed by atoms with Gasteiger partial charge in [-0.05, 0) is 37.4 Å². The topological polar surface area (TPSA) is 59.8 Å². The fraction of sp³-hybridized carbons (Fsp3) is 0.444. The summed E-state index contributed by atoms with van der Waals surface area (Å²) in [6.45, 7) is 7.11. The highest BCUT2D eigenvalue weighted by Gasteiger charge is 2.34. The second-order valence-corrected chi connectivity index (χ2v) is 9.18. The Morgan fingerprint density at radius 3 is 2.44 bits per heavy atom. The Hall–Kier alpha value is -1.25. The highest BCUT2D eigenvalue weighted by atomic mass is 32.2. The molecule has 7 heteroatoms. The van der Waals surface area contributed by atoms with Gasteiger partial charge in [0.25, 0.3) is 0 Å². The SMILES string of the molecule is Cc1ccc(S(=O)(=O)N[C@@H](C)[C@@H](c2cccs2)[NH+]2CCOCC2)cc1. The first-order valence-corrected chi connectivity index (χ1v) is 10.9. The van der Waals surface area contributed by atoms with Crippen LogP contribution in [-0.2, 0) is 14.8 Å². The Bertz CT molecular complexity index is 767. The third-order valence-electron chi connectivity index (χ3n) is 4.60. The lowest BCUT2D eigenvalue weighted by Gasteiger charge is -2.34. The van der Waals surface area contributed by atoms with E-state index in [-0.39, 0.29) is 12.1 Å². The van der Waals surface area contributed by atoms with E-state index >= 15 is 0 Å². The first-order chi connectivity index (χ1) is 12.0. The van der Waals surface area contributed by atoms with Crippen molar-refractivity contribution in [3.8, 4) is 0 Å². The Kier molecular flexibility index (Phi) is 5.91. The molecule has 3 rings (SSSR count). The molecule has 0 spiro atoms. The van der Waals surface area contributed by atoms with E-state index in [1.54, 1.807) is 23.5 Å².